The highest BCUT2D eigenvalue weighted by Crippen LogP contribution is 2.25. The number of rotatable bonds is 6. The molecular weight excluding hydrogens is 407 g/mol. The Hall–Kier alpha value is -2.43. The van der Waals surface area contributed by atoms with E-state index in [1.807, 2.05) is 13.8 Å². The van der Waals surface area contributed by atoms with Crippen molar-refractivity contribution in [2.75, 3.05) is 37.6 Å². The van der Waals surface area contributed by atoms with Crippen molar-refractivity contribution in [3.8, 4) is 0 Å². The standard InChI is InChI=1S/C21H31FN4O5/c1-13(2)24-21(30)23-12-17-20(29)19(28)16(31-17)11-18(27)26-9-7-25(8-10-26)15-5-3-14(22)4-6-15/h3-6,13,16-17,19-20,28-29H,7-12H2,1-2H3,(H2,23,24,30)/t16-,17+,19-,20+/m0/s1. The van der Waals surface area contributed by atoms with Crippen molar-refractivity contribution in [1.82, 2.24) is 15.5 Å². The molecule has 3 amide bonds. The van der Waals surface area contributed by atoms with E-state index in [0.29, 0.717) is 26.2 Å². The molecule has 4 atom stereocenters. The third kappa shape index (κ3) is 6.05. The van der Waals surface area contributed by atoms with Gasteiger partial charge in [0.2, 0.25) is 5.91 Å². The topological polar surface area (TPSA) is 114 Å². The number of halogens is 1. The maximum Gasteiger partial charge on any atom is 0.315 e. The van der Waals surface area contributed by atoms with E-state index in [9.17, 15) is 24.2 Å². The number of nitrogens with one attached hydrogen (secondary N) is 2. The number of carbonyl (C=O) groups excluding carboxylic acids is 2. The van der Waals surface area contributed by atoms with E-state index in [1.54, 1.807) is 17.0 Å². The van der Waals surface area contributed by atoms with Gasteiger partial charge in [0.05, 0.1) is 12.5 Å². The van der Waals surface area contributed by atoms with Gasteiger partial charge < -0.3 is 35.4 Å². The first-order valence-corrected chi connectivity index (χ1v) is 10.6. The number of nitrogens with zero attached hydrogens (tertiary/aromatic N) is 2. The van der Waals surface area contributed by atoms with Gasteiger partial charge in [-0.15, -0.1) is 0 Å². The highest BCUT2D eigenvalue weighted by atomic mass is 19.1. The summed E-state index contributed by atoms with van der Waals surface area (Å²) < 4.78 is 18.8. The van der Waals surface area contributed by atoms with Gasteiger partial charge in [-0.1, -0.05) is 0 Å². The molecular formula is C21H31FN4O5. The number of anilines is 1. The molecule has 1 aromatic rings. The maximum atomic E-state index is 13.1. The molecule has 10 heteroatoms. The Morgan fingerprint density at radius 1 is 1.10 bits per heavy atom. The molecule has 4 N–H and O–H groups in total. The van der Waals surface area contributed by atoms with Gasteiger partial charge in [-0.05, 0) is 38.1 Å². The summed E-state index contributed by atoms with van der Waals surface area (Å²) >= 11 is 0. The van der Waals surface area contributed by atoms with Gasteiger partial charge in [-0.2, -0.15) is 0 Å². The van der Waals surface area contributed by atoms with Crippen LogP contribution in [0.1, 0.15) is 20.3 Å². The molecule has 0 bridgehead atoms. The van der Waals surface area contributed by atoms with Crippen LogP contribution in [0.15, 0.2) is 24.3 Å². The van der Waals surface area contributed by atoms with Gasteiger partial charge >= 0.3 is 6.03 Å². The first-order valence-electron chi connectivity index (χ1n) is 10.6. The van der Waals surface area contributed by atoms with E-state index < -0.39 is 24.4 Å². The number of benzene rings is 1. The largest absolute Gasteiger partial charge is 0.388 e. The van der Waals surface area contributed by atoms with Crippen LogP contribution in [-0.2, 0) is 9.53 Å². The highest BCUT2D eigenvalue weighted by molar-refractivity contribution is 5.77. The first kappa shape index (κ1) is 23.2. The minimum Gasteiger partial charge on any atom is -0.388 e. The van der Waals surface area contributed by atoms with Crippen LogP contribution < -0.4 is 15.5 Å². The van der Waals surface area contributed by atoms with Crippen LogP contribution in [0.3, 0.4) is 0 Å². The molecule has 2 saturated heterocycles. The monoisotopic (exact) mass is 438 g/mol. The maximum absolute atomic E-state index is 13.1. The van der Waals surface area contributed by atoms with Gasteiger partial charge in [-0.3, -0.25) is 4.79 Å². The molecule has 0 aliphatic carbocycles. The zero-order chi connectivity index (χ0) is 22.5. The molecule has 3 rings (SSSR count). The predicted octanol–water partition coefficient (Wildman–Crippen LogP) is 0.0612. The van der Waals surface area contributed by atoms with Crippen molar-refractivity contribution < 1.29 is 28.9 Å². The number of urea groups is 1. The molecule has 1 aromatic carbocycles. The lowest BCUT2D eigenvalue weighted by molar-refractivity contribution is -0.135. The Balaban J connectivity index is 1.45. The summed E-state index contributed by atoms with van der Waals surface area (Å²) in [5.41, 5.74) is 0.906. The Morgan fingerprint density at radius 3 is 2.32 bits per heavy atom. The minimum atomic E-state index is -1.20. The van der Waals surface area contributed by atoms with Crippen LogP contribution in [0.2, 0.25) is 0 Å². The fourth-order valence-electron chi connectivity index (χ4n) is 3.84. The molecule has 2 aliphatic heterocycles. The van der Waals surface area contributed by atoms with E-state index in [-0.39, 0.29) is 36.8 Å². The number of piperazine rings is 1. The van der Waals surface area contributed by atoms with Gasteiger partial charge in [-0.25, -0.2) is 9.18 Å². The van der Waals surface area contributed by atoms with Gasteiger partial charge in [0, 0.05) is 44.5 Å². The second-order valence-corrected chi connectivity index (χ2v) is 8.25. The molecule has 9 nitrogen and oxygen atoms in total. The molecule has 0 spiro atoms. The van der Waals surface area contributed by atoms with Gasteiger partial charge in [0.1, 0.15) is 24.1 Å². The molecule has 0 saturated carbocycles. The average molecular weight is 439 g/mol. The Kier molecular flexibility index (Phi) is 7.69. The van der Waals surface area contributed by atoms with Gasteiger partial charge in [0.15, 0.2) is 0 Å². The molecule has 0 aromatic heterocycles. The van der Waals surface area contributed by atoms with Crippen molar-refractivity contribution >= 4 is 17.6 Å². The molecule has 2 heterocycles. The SMILES string of the molecule is CC(C)NC(=O)NC[C@H]1O[C@@H](CC(=O)N2CCN(c3ccc(F)cc3)CC2)[C@H](O)[C@@H]1O. The normalized spacial score (nSPS) is 26.3. The van der Waals surface area contributed by atoms with E-state index >= 15 is 0 Å². The van der Waals surface area contributed by atoms with E-state index in [2.05, 4.69) is 15.5 Å². The molecule has 2 aliphatic rings. The van der Waals surface area contributed by atoms with E-state index in [1.165, 1.54) is 12.1 Å². The fourth-order valence-corrected chi connectivity index (χ4v) is 3.84. The Labute approximate surface area is 181 Å². The first-order chi connectivity index (χ1) is 14.7. The quantitative estimate of drug-likeness (QED) is 0.500. The lowest BCUT2D eigenvalue weighted by atomic mass is 10.0. The number of hydrogen-bond acceptors (Lipinski definition) is 6. The van der Waals surface area contributed by atoms with Gasteiger partial charge in [0.25, 0.3) is 0 Å². The second-order valence-electron chi connectivity index (χ2n) is 8.25. The molecule has 172 valence electrons. The molecule has 0 unspecified atom stereocenters. The number of aliphatic hydroxyl groups excluding tert-OH is 2. The van der Waals surface area contributed by atoms with Crippen LogP contribution >= 0.6 is 0 Å². The van der Waals surface area contributed by atoms with Crippen molar-refractivity contribution in [3.05, 3.63) is 30.1 Å². The average Bonchev–Trinajstić information content (AvgIpc) is 3.00. The number of carbonyl (C=O) groups is 2. The Morgan fingerprint density at radius 2 is 1.71 bits per heavy atom. The molecule has 2 fully saturated rings. The zero-order valence-electron chi connectivity index (χ0n) is 17.8. The molecule has 31 heavy (non-hydrogen) atoms. The van der Waals surface area contributed by atoms with Crippen molar-refractivity contribution in [2.24, 2.45) is 0 Å². The molecule has 0 radical (unpaired) electrons. The number of ether oxygens (including phenoxy) is 1. The second kappa shape index (κ2) is 10.3. The van der Waals surface area contributed by atoms with Crippen molar-refractivity contribution in [1.29, 1.82) is 0 Å². The van der Waals surface area contributed by atoms with Crippen LogP contribution in [0, 0.1) is 5.82 Å². The smallest absolute Gasteiger partial charge is 0.315 e. The summed E-state index contributed by atoms with van der Waals surface area (Å²) in [5, 5.41) is 25.8. The number of aliphatic hydroxyl groups is 2. The minimum absolute atomic E-state index is 0.0256. The van der Waals surface area contributed by atoms with E-state index in [0.717, 1.165) is 5.69 Å². The highest BCUT2D eigenvalue weighted by Gasteiger charge is 2.44. The fraction of sp³-hybridized carbons (Fsp3) is 0.619. The predicted molar refractivity (Wildman–Crippen MR) is 112 cm³/mol. The zero-order valence-corrected chi connectivity index (χ0v) is 17.8. The van der Waals surface area contributed by atoms with Crippen LogP contribution in [0.4, 0.5) is 14.9 Å². The number of amides is 3. The number of hydrogen-bond donors (Lipinski definition) is 4. The van der Waals surface area contributed by atoms with Crippen molar-refractivity contribution in [2.45, 2.75) is 50.7 Å². The summed E-state index contributed by atoms with van der Waals surface area (Å²) in [4.78, 5) is 28.2. The lowest BCUT2D eigenvalue weighted by Crippen LogP contribution is -2.49. The summed E-state index contributed by atoms with van der Waals surface area (Å²) in [7, 11) is 0. The van der Waals surface area contributed by atoms with E-state index in [4.69, 9.17) is 4.74 Å². The van der Waals surface area contributed by atoms with Crippen molar-refractivity contribution in [3.63, 3.8) is 0 Å². The van der Waals surface area contributed by atoms with Crippen LogP contribution in [0.25, 0.3) is 0 Å². The van der Waals surface area contributed by atoms with Crippen LogP contribution in [0.5, 0.6) is 0 Å². The third-order valence-electron chi connectivity index (χ3n) is 5.54. The lowest BCUT2D eigenvalue weighted by Gasteiger charge is -2.36. The summed E-state index contributed by atoms with van der Waals surface area (Å²) in [5.74, 6) is -0.454. The summed E-state index contributed by atoms with van der Waals surface area (Å²) in [6, 6.07) is 5.83. The van der Waals surface area contributed by atoms with Crippen LogP contribution in [-0.4, -0.2) is 90.2 Å². The summed E-state index contributed by atoms with van der Waals surface area (Å²) in [6.07, 6.45) is -4.07. The Bertz CT molecular complexity index is 755. The summed E-state index contributed by atoms with van der Waals surface area (Å²) in [6.45, 7) is 5.91. The third-order valence-corrected chi connectivity index (χ3v) is 5.54.